The Balaban J connectivity index is 0.000000146. The first kappa shape index (κ1) is 45.3. The van der Waals surface area contributed by atoms with Crippen LogP contribution in [0.4, 0.5) is 0 Å². The summed E-state index contributed by atoms with van der Waals surface area (Å²) in [5.41, 5.74) is 12.8. The van der Waals surface area contributed by atoms with Crippen LogP contribution >= 0.6 is 34.8 Å². The summed E-state index contributed by atoms with van der Waals surface area (Å²) in [6.45, 7) is 0. The van der Waals surface area contributed by atoms with Crippen molar-refractivity contribution in [1.82, 2.24) is 19.9 Å². The van der Waals surface area contributed by atoms with Gasteiger partial charge in [-0.3, -0.25) is 0 Å². The van der Waals surface area contributed by atoms with Gasteiger partial charge >= 0.3 is 7.12 Å². The molecule has 10 aromatic rings. The lowest BCUT2D eigenvalue weighted by Gasteiger charge is -2.12. The van der Waals surface area contributed by atoms with Crippen molar-refractivity contribution in [2.24, 2.45) is 0 Å². The molecule has 6 nitrogen and oxygen atoms in total. The molecule has 0 atom stereocenters. The van der Waals surface area contributed by atoms with Gasteiger partial charge in [0.15, 0.2) is 11.6 Å². The average Bonchev–Trinajstić information content (AvgIpc) is 3.37. The van der Waals surface area contributed by atoms with E-state index < -0.39 is 7.12 Å². The Hall–Kier alpha value is -7.23. The van der Waals surface area contributed by atoms with Crippen molar-refractivity contribution in [1.29, 1.82) is 0 Å². The summed E-state index contributed by atoms with van der Waals surface area (Å²) in [6, 6.07) is 75.7. The van der Waals surface area contributed by atoms with Crippen LogP contribution in [0, 0.1) is 0 Å². The zero-order valence-corrected chi connectivity index (χ0v) is 37.6. The molecule has 0 spiro atoms. The molecule has 0 saturated carbocycles. The van der Waals surface area contributed by atoms with Gasteiger partial charge in [-0.15, -0.1) is 0 Å². The summed E-state index contributed by atoms with van der Waals surface area (Å²) >= 11 is 17.9. The van der Waals surface area contributed by atoms with E-state index in [1.807, 2.05) is 152 Å². The van der Waals surface area contributed by atoms with E-state index in [1.54, 1.807) is 0 Å². The monoisotopic (exact) mass is 916 g/mol. The van der Waals surface area contributed by atoms with E-state index in [4.69, 9.17) is 39.8 Å². The molecule has 0 aliphatic rings. The van der Waals surface area contributed by atoms with Gasteiger partial charge in [-0.2, -0.15) is 0 Å². The molecule has 8 aromatic carbocycles. The molecule has 0 amide bonds. The number of rotatable bonds is 8. The van der Waals surface area contributed by atoms with Crippen LogP contribution in [0.15, 0.2) is 231 Å². The minimum atomic E-state index is -1.48. The van der Waals surface area contributed by atoms with E-state index >= 15 is 0 Å². The van der Waals surface area contributed by atoms with Crippen LogP contribution in [0.3, 0.4) is 0 Å². The van der Waals surface area contributed by atoms with Crippen molar-refractivity contribution < 1.29 is 10.0 Å². The number of benzene rings is 8. The Labute approximate surface area is 399 Å². The highest BCUT2D eigenvalue weighted by Crippen LogP contribution is 2.34. The van der Waals surface area contributed by atoms with Crippen molar-refractivity contribution in [3.05, 3.63) is 246 Å². The highest BCUT2D eigenvalue weighted by molar-refractivity contribution is 6.58. The zero-order chi connectivity index (χ0) is 45.7. The highest BCUT2D eigenvalue weighted by atomic mass is 35.5. The summed E-state index contributed by atoms with van der Waals surface area (Å²) in [6.07, 6.45) is 0. The van der Waals surface area contributed by atoms with E-state index in [0.717, 1.165) is 66.9 Å². The van der Waals surface area contributed by atoms with Crippen LogP contribution < -0.4 is 5.46 Å². The van der Waals surface area contributed by atoms with Crippen LogP contribution in [0.2, 0.25) is 15.5 Å². The summed E-state index contributed by atoms with van der Waals surface area (Å²) in [4.78, 5) is 17.4. The second-order valence-corrected chi connectivity index (χ2v) is 16.1. The molecule has 0 fully saturated rings. The average molecular weight is 918 g/mol. The predicted octanol–water partition coefficient (Wildman–Crippen LogP) is 13.9. The molecule has 2 aromatic heterocycles. The summed E-state index contributed by atoms with van der Waals surface area (Å²) in [5, 5.41) is 20.2. The summed E-state index contributed by atoms with van der Waals surface area (Å²) in [7, 11) is -1.48. The quantitative estimate of drug-likeness (QED) is 0.117. The maximum Gasteiger partial charge on any atom is 0.488 e. The van der Waals surface area contributed by atoms with E-state index in [-0.39, 0.29) is 0 Å². The van der Waals surface area contributed by atoms with Crippen molar-refractivity contribution >= 4 is 47.4 Å². The number of hydrogen-bond acceptors (Lipinski definition) is 6. The topological polar surface area (TPSA) is 92.0 Å². The lowest BCUT2D eigenvalue weighted by molar-refractivity contribution is 0.426. The molecule has 320 valence electrons. The van der Waals surface area contributed by atoms with Crippen molar-refractivity contribution in [2.75, 3.05) is 0 Å². The predicted molar refractivity (Wildman–Crippen MR) is 273 cm³/mol. The molecule has 0 aliphatic heterocycles. The first-order valence-corrected chi connectivity index (χ1v) is 22.1. The Morgan fingerprint density at radius 3 is 0.879 bits per heavy atom. The van der Waals surface area contributed by atoms with Crippen LogP contribution in [0.25, 0.3) is 78.5 Å². The molecular formula is C56H40BCl3N4O2. The lowest BCUT2D eigenvalue weighted by atomic mass is 9.77. The van der Waals surface area contributed by atoms with Gasteiger partial charge < -0.3 is 10.0 Å². The zero-order valence-electron chi connectivity index (χ0n) is 35.3. The standard InChI is InChI=1S/C28H19ClN2.C18H15BO2.C10H6Cl2N2/c29-27-19-26(30-28(31-27)22-14-8-3-9-15-22)25-17-23(20-10-4-1-5-11-20)16-24(18-25)21-12-6-2-7-13-21;20-19(21)18-12-16(14-7-3-1-4-8-14)11-17(13-18)15-9-5-2-6-10-15;11-8-6-9(12)14-10(13-8)7-4-2-1-3-5-7/h1-19H;1-13,20-21H;1-6H. The van der Waals surface area contributed by atoms with Gasteiger partial charge in [0.25, 0.3) is 0 Å². The van der Waals surface area contributed by atoms with E-state index in [9.17, 15) is 10.0 Å². The summed E-state index contributed by atoms with van der Waals surface area (Å²) in [5.74, 6) is 1.16. The minimum absolute atomic E-state index is 0.351. The first-order chi connectivity index (χ1) is 32.3. The van der Waals surface area contributed by atoms with Crippen molar-refractivity contribution in [2.45, 2.75) is 0 Å². The van der Waals surface area contributed by atoms with Gasteiger partial charge in [-0.1, -0.05) is 229 Å². The number of hydrogen-bond donors (Lipinski definition) is 2. The SMILES string of the molecule is Clc1cc(-c2cc(-c3ccccc3)cc(-c3ccccc3)c2)nc(-c2ccccc2)n1.Clc1cc(Cl)nc(-c2ccccc2)n1.OB(O)c1cc(-c2ccccc2)cc(-c2ccccc2)c1. The molecule has 0 aliphatic carbocycles. The number of halogens is 3. The van der Waals surface area contributed by atoms with Crippen LogP contribution in [-0.4, -0.2) is 37.1 Å². The molecule has 10 rings (SSSR count). The largest absolute Gasteiger partial charge is 0.488 e. The van der Waals surface area contributed by atoms with Crippen molar-refractivity contribution in [3.8, 4) is 78.5 Å². The molecular weight excluding hydrogens is 878 g/mol. The van der Waals surface area contributed by atoms with Crippen LogP contribution in [-0.2, 0) is 0 Å². The molecule has 10 heteroatoms. The first-order valence-electron chi connectivity index (χ1n) is 21.0. The van der Waals surface area contributed by atoms with E-state index in [1.165, 1.54) is 6.07 Å². The van der Waals surface area contributed by atoms with Gasteiger partial charge in [0.2, 0.25) is 0 Å². The molecule has 2 heterocycles. The second-order valence-electron chi connectivity index (χ2n) is 14.9. The maximum absolute atomic E-state index is 9.52. The lowest BCUT2D eigenvalue weighted by Crippen LogP contribution is -2.29. The smallest absolute Gasteiger partial charge is 0.423 e. The van der Waals surface area contributed by atoms with Gasteiger partial charge in [0, 0.05) is 28.8 Å². The third-order valence-electron chi connectivity index (χ3n) is 10.3. The van der Waals surface area contributed by atoms with Crippen LogP contribution in [0.5, 0.6) is 0 Å². The fraction of sp³-hybridized carbons (Fsp3) is 0. The van der Waals surface area contributed by atoms with E-state index in [0.29, 0.717) is 32.6 Å². The van der Waals surface area contributed by atoms with Gasteiger partial charge in [0.1, 0.15) is 15.5 Å². The molecule has 0 radical (unpaired) electrons. The Kier molecular flexibility index (Phi) is 15.2. The second kappa shape index (κ2) is 22.1. The summed E-state index contributed by atoms with van der Waals surface area (Å²) < 4.78 is 0. The molecule has 2 N–H and O–H groups in total. The molecule has 0 bridgehead atoms. The fourth-order valence-electron chi connectivity index (χ4n) is 7.15. The Bertz CT molecular complexity index is 3000. The third kappa shape index (κ3) is 12.1. The third-order valence-corrected chi connectivity index (χ3v) is 10.9. The fourth-order valence-corrected chi connectivity index (χ4v) is 7.76. The Morgan fingerprint density at radius 1 is 0.273 bits per heavy atom. The van der Waals surface area contributed by atoms with Gasteiger partial charge in [0.05, 0.1) is 5.69 Å². The molecule has 0 unspecified atom stereocenters. The number of nitrogens with zero attached hydrogens (tertiary/aromatic N) is 4. The Morgan fingerprint density at radius 2 is 0.545 bits per heavy atom. The molecule has 66 heavy (non-hydrogen) atoms. The number of aromatic nitrogens is 4. The minimum Gasteiger partial charge on any atom is -0.423 e. The van der Waals surface area contributed by atoms with E-state index in [2.05, 4.69) is 87.7 Å². The normalized spacial score (nSPS) is 10.5. The van der Waals surface area contributed by atoms with Gasteiger partial charge in [-0.25, -0.2) is 19.9 Å². The maximum atomic E-state index is 9.52. The van der Waals surface area contributed by atoms with Crippen LogP contribution in [0.1, 0.15) is 0 Å². The highest BCUT2D eigenvalue weighted by Gasteiger charge is 2.15. The van der Waals surface area contributed by atoms with Gasteiger partial charge in [-0.05, 0) is 74.2 Å². The molecule has 0 saturated heterocycles. The van der Waals surface area contributed by atoms with Crippen molar-refractivity contribution in [3.63, 3.8) is 0 Å².